The second-order valence-electron chi connectivity index (χ2n) is 5.98. The fourth-order valence-electron chi connectivity index (χ4n) is 2.33. The summed E-state index contributed by atoms with van der Waals surface area (Å²) in [6.07, 6.45) is 2.04. The van der Waals surface area contributed by atoms with E-state index in [1.165, 1.54) is 0 Å². The van der Waals surface area contributed by atoms with Gasteiger partial charge in [-0.05, 0) is 50.3 Å². The van der Waals surface area contributed by atoms with Crippen LogP contribution in [0.1, 0.15) is 56.5 Å². The van der Waals surface area contributed by atoms with Crippen LogP contribution in [-0.4, -0.2) is 18.5 Å². The lowest BCUT2D eigenvalue weighted by Gasteiger charge is -2.18. The summed E-state index contributed by atoms with van der Waals surface area (Å²) >= 11 is 0. The van der Waals surface area contributed by atoms with Crippen LogP contribution in [0.3, 0.4) is 0 Å². The lowest BCUT2D eigenvalue weighted by Crippen LogP contribution is -2.34. The molecule has 0 aliphatic rings. The molecule has 1 amide bonds. The Morgan fingerprint density at radius 3 is 2.55 bits per heavy atom. The van der Waals surface area contributed by atoms with Crippen LogP contribution < -0.4 is 10.6 Å². The third-order valence-corrected chi connectivity index (χ3v) is 3.19. The Kier molecular flexibility index (Phi) is 6.56. The van der Waals surface area contributed by atoms with Crippen LogP contribution in [0.2, 0.25) is 0 Å². The van der Waals surface area contributed by atoms with Gasteiger partial charge in [-0.3, -0.25) is 4.79 Å². The van der Waals surface area contributed by atoms with Gasteiger partial charge >= 0.3 is 0 Å². The highest BCUT2D eigenvalue weighted by Gasteiger charge is 2.14. The normalized spacial score (nSPS) is 12.3. The zero-order chi connectivity index (χ0) is 15.1. The molecule has 1 aromatic carbocycles. The Labute approximate surface area is 123 Å². The first-order valence-corrected chi connectivity index (χ1v) is 7.59. The minimum Gasteiger partial charge on any atom is -0.384 e. The van der Waals surface area contributed by atoms with Gasteiger partial charge in [0.15, 0.2) is 0 Å². The van der Waals surface area contributed by atoms with Gasteiger partial charge in [0.1, 0.15) is 0 Å². The van der Waals surface area contributed by atoms with Crippen LogP contribution in [0.25, 0.3) is 0 Å². The van der Waals surface area contributed by atoms with Crippen molar-refractivity contribution < 1.29 is 4.79 Å². The van der Waals surface area contributed by atoms with E-state index in [1.54, 1.807) is 0 Å². The minimum atomic E-state index is 0.0109. The van der Waals surface area contributed by atoms with Crippen molar-refractivity contribution in [1.82, 2.24) is 5.32 Å². The third-order valence-electron chi connectivity index (χ3n) is 3.19. The Morgan fingerprint density at radius 1 is 1.25 bits per heavy atom. The predicted molar refractivity (Wildman–Crippen MR) is 86.3 cm³/mol. The van der Waals surface area contributed by atoms with Gasteiger partial charge in [-0.15, -0.1) is 0 Å². The van der Waals surface area contributed by atoms with Crippen LogP contribution in [0.15, 0.2) is 18.2 Å². The maximum Gasteiger partial charge on any atom is 0.253 e. The molecule has 0 fully saturated rings. The molecular weight excluding hydrogens is 248 g/mol. The van der Waals surface area contributed by atoms with E-state index in [4.69, 9.17) is 0 Å². The first-order chi connectivity index (χ1) is 9.43. The lowest BCUT2D eigenvalue weighted by molar-refractivity contribution is 0.0937. The highest BCUT2D eigenvalue weighted by atomic mass is 16.1. The Balaban J connectivity index is 2.80. The molecule has 0 saturated carbocycles. The SMILES string of the molecule is CCCNc1cc(C)ccc1C(=O)NC(C)CC(C)C. The number of hydrogen-bond acceptors (Lipinski definition) is 2. The number of amides is 1. The highest BCUT2D eigenvalue weighted by molar-refractivity contribution is 5.99. The molecule has 0 aliphatic heterocycles. The molecule has 0 saturated heterocycles. The van der Waals surface area contributed by atoms with Gasteiger partial charge in [0.2, 0.25) is 0 Å². The Bertz CT molecular complexity index is 441. The van der Waals surface area contributed by atoms with E-state index in [1.807, 2.05) is 25.1 Å². The Morgan fingerprint density at radius 2 is 1.95 bits per heavy atom. The monoisotopic (exact) mass is 276 g/mol. The molecule has 0 spiro atoms. The quantitative estimate of drug-likeness (QED) is 0.791. The zero-order valence-corrected chi connectivity index (χ0v) is 13.4. The lowest BCUT2D eigenvalue weighted by atomic mass is 10.0. The molecule has 1 atom stereocenters. The molecule has 1 aromatic rings. The fourth-order valence-corrected chi connectivity index (χ4v) is 2.33. The fraction of sp³-hybridized carbons (Fsp3) is 0.588. The van der Waals surface area contributed by atoms with Gasteiger partial charge in [0.25, 0.3) is 5.91 Å². The van der Waals surface area contributed by atoms with E-state index < -0.39 is 0 Å². The maximum absolute atomic E-state index is 12.4. The molecule has 0 aromatic heterocycles. The van der Waals surface area contributed by atoms with Crippen molar-refractivity contribution in [3.63, 3.8) is 0 Å². The summed E-state index contributed by atoms with van der Waals surface area (Å²) in [7, 11) is 0. The summed E-state index contributed by atoms with van der Waals surface area (Å²) in [5, 5.41) is 6.42. The smallest absolute Gasteiger partial charge is 0.253 e. The first-order valence-electron chi connectivity index (χ1n) is 7.59. The second-order valence-corrected chi connectivity index (χ2v) is 5.98. The molecule has 0 heterocycles. The van der Waals surface area contributed by atoms with Crippen molar-refractivity contribution in [2.75, 3.05) is 11.9 Å². The van der Waals surface area contributed by atoms with E-state index in [0.29, 0.717) is 5.92 Å². The molecule has 1 rings (SSSR count). The van der Waals surface area contributed by atoms with Crippen molar-refractivity contribution in [3.05, 3.63) is 29.3 Å². The summed E-state index contributed by atoms with van der Waals surface area (Å²) in [5.74, 6) is 0.595. The minimum absolute atomic E-state index is 0.0109. The number of rotatable bonds is 7. The van der Waals surface area contributed by atoms with Crippen molar-refractivity contribution in [3.8, 4) is 0 Å². The average molecular weight is 276 g/mol. The molecule has 0 aliphatic carbocycles. The molecule has 112 valence electrons. The predicted octanol–water partition coefficient (Wildman–Crippen LogP) is 3.98. The van der Waals surface area contributed by atoms with Crippen molar-refractivity contribution in [1.29, 1.82) is 0 Å². The molecule has 3 heteroatoms. The summed E-state index contributed by atoms with van der Waals surface area (Å²) in [5.41, 5.74) is 2.83. The van der Waals surface area contributed by atoms with E-state index in [0.717, 1.165) is 36.2 Å². The number of carbonyl (C=O) groups is 1. The van der Waals surface area contributed by atoms with Crippen molar-refractivity contribution in [2.24, 2.45) is 5.92 Å². The first kappa shape index (κ1) is 16.5. The number of anilines is 1. The van der Waals surface area contributed by atoms with E-state index in [9.17, 15) is 4.79 Å². The summed E-state index contributed by atoms with van der Waals surface area (Å²) in [6.45, 7) is 11.4. The largest absolute Gasteiger partial charge is 0.384 e. The average Bonchev–Trinajstić information content (AvgIpc) is 2.35. The third kappa shape index (κ3) is 5.24. The molecule has 0 radical (unpaired) electrons. The van der Waals surface area contributed by atoms with Crippen molar-refractivity contribution in [2.45, 2.75) is 53.5 Å². The van der Waals surface area contributed by atoms with Gasteiger partial charge in [-0.1, -0.05) is 26.8 Å². The highest BCUT2D eigenvalue weighted by Crippen LogP contribution is 2.18. The summed E-state index contributed by atoms with van der Waals surface area (Å²) in [4.78, 5) is 12.4. The molecule has 0 bridgehead atoms. The van der Waals surface area contributed by atoms with Crippen molar-refractivity contribution >= 4 is 11.6 Å². The van der Waals surface area contributed by atoms with Crippen LogP contribution in [0, 0.1) is 12.8 Å². The molecule has 3 nitrogen and oxygen atoms in total. The van der Waals surface area contributed by atoms with Crippen LogP contribution in [0.4, 0.5) is 5.69 Å². The molecular formula is C17H28N2O. The number of aryl methyl sites for hydroxylation is 1. The zero-order valence-electron chi connectivity index (χ0n) is 13.4. The molecule has 1 unspecified atom stereocenters. The van der Waals surface area contributed by atoms with E-state index >= 15 is 0 Å². The number of nitrogens with one attached hydrogen (secondary N) is 2. The van der Waals surface area contributed by atoms with E-state index in [-0.39, 0.29) is 11.9 Å². The molecule has 20 heavy (non-hydrogen) atoms. The second kappa shape index (κ2) is 7.93. The van der Waals surface area contributed by atoms with Gasteiger partial charge < -0.3 is 10.6 Å². The van der Waals surface area contributed by atoms with E-state index in [2.05, 4.69) is 38.3 Å². The van der Waals surface area contributed by atoms with Crippen LogP contribution in [-0.2, 0) is 0 Å². The number of carbonyl (C=O) groups excluding carboxylic acids is 1. The van der Waals surface area contributed by atoms with Gasteiger partial charge in [0, 0.05) is 18.3 Å². The topological polar surface area (TPSA) is 41.1 Å². The van der Waals surface area contributed by atoms with Gasteiger partial charge in [-0.25, -0.2) is 0 Å². The van der Waals surface area contributed by atoms with Gasteiger partial charge in [0.05, 0.1) is 5.56 Å². The van der Waals surface area contributed by atoms with Crippen LogP contribution >= 0.6 is 0 Å². The maximum atomic E-state index is 12.4. The molecule has 2 N–H and O–H groups in total. The standard InChI is InChI=1S/C17H28N2O/c1-6-9-18-16-11-13(4)7-8-15(16)17(20)19-14(5)10-12(2)3/h7-8,11-12,14,18H,6,9-10H2,1-5H3,(H,19,20). The summed E-state index contributed by atoms with van der Waals surface area (Å²) in [6, 6.07) is 6.13. The number of benzene rings is 1. The number of hydrogen-bond donors (Lipinski definition) is 2. The van der Waals surface area contributed by atoms with Crippen LogP contribution in [0.5, 0.6) is 0 Å². The Hall–Kier alpha value is -1.51. The summed E-state index contributed by atoms with van der Waals surface area (Å²) < 4.78 is 0. The van der Waals surface area contributed by atoms with Gasteiger partial charge in [-0.2, -0.15) is 0 Å².